The Labute approximate surface area is 88.4 Å². The Morgan fingerprint density at radius 3 is 1.73 bits per heavy atom. The molecule has 6 heteroatoms. The molecule has 6 N–H and O–H groups in total. The molecule has 0 saturated heterocycles. The predicted octanol–water partition coefficient (Wildman–Crippen LogP) is -2.42. The molecule has 0 aliphatic heterocycles. The van der Waals surface area contributed by atoms with Crippen molar-refractivity contribution in [2.45, 2.75) is 50.3 Å². The van der Waals surface area contributed by atoms with E-state index in [-0.39, 0.29) is 0 Å². The molecule has 0 spiro atoms. The second kappa shape index (κ2) is 4.73. The first-order valence-corrected chi connectivity index (χ1v) is 4.67. The molecule has 0 heterocycles. The molecule has 0 fully saturated rings. The van der Waals surface area contributed by atoms with Crippen molar-refractivity contribution in [1.82, 2.24) is 0 Å². The predicted molar refractivity (Wildman–Crippen MR) is 52.0 cm³/mol. The first kappa shape index (κ1) is 14.8. The Balaban J connectivity index is 4.87. The van der Waals surface area contributed by atoms with Crippen molar-refractivity contribution in [1.29, 1.82) is 0 Å². The van der Waals surface area contributed by atoms with Crippen molar-refractivity contribution < 1.29 is 30.6 Å². The summed E-state index contributed by atoms with van der Waals surface area (Å²) in [4.78, 5) is 0. The van der Waals surface area contributed by atoms with Crippen LogP contribution < -0.4 is 0 Å². The summed E-state index contributed by atoms with van der Waals surface area (Å²) in [6, 6.07) is 0. The van der Waals surface area contributed by atoms with Crippen molar-refractivity contribution in [3.63, 3.8) is 0 Å². The van der Waals surface area contributed by atoms with Crippen LogP contribution >= 0.6 is 0 Å². The zero-order valence-electron chi connectivity index (χ0n) is 9.12. The van der Waals surface area contributed by atoms with Crippen molar-refractivity contribution in [3.8, 4) is 0 Å². The monoisotopic (exact) mass is 224 g/mol. The highest BCUT2D eigenvalue weighted by molar-refractivity contribution is 4.99. The van der Waals surface area contributed by atoms with E-state index in [1.165, 1.54) is 6.92 Å². The van der Waals surface area contributed by atoms with Gasteiger partial charge in [-0.15, -0.1) is 0 Å². The molecule has 0 radical (unpaired) electrons. The maximum absolute atomic E-state index is 9.76. The average Bonchev–Trinajstić information content (AvgIpc) is 2.15. The lowest BCUT2D eigenvalue weighted by Gasteiger charge is -2.41. The van der Waals surface area contributed by atoms with E-state index in [4.69, 9.17) is 10.2 Å². The van der Waals surface area contributed by atoms with Crippen molar-refractivity contribution in [3.05, 3.63) is 0 Å². The zero-order chi connectivity index (χ0) is 12.4. The van der Waals surface area contributed by atoms with E-state index in [9.17, 15) is 20.4 Å². The average molecular weight is 224 g/mol. The van der Waals surface area contributed by atoms with Crippen LogP contribution in [0.2, 0.25) is 0 Å². The second-order valence-electron chi connectivity index (χ2n) is 4.33. The first-order valence-electron chi connectivity index (χ1n) is 4.67. The van der Waals surface area contributed by atoms with Crippen LogP contribution in [0.15, 0.2) is 0 Å². The Hall–Kier alpha value is -0.240. The standard InChI is InChI=1S/C9H20O6/c1-5(11)6(12)9(3,15)7(13)8(2,14)4-10/h5-7,10-15H,4H2,1-3H3. The highest BCUT2D eigenvalue weighted by Gasteiger charge is 2.48. The fourth-order valence-electron chi connectivity index (χ4n) is 1.37. The molecule has 5 unspecified atom stereocenters. The van der Waals surface area contributed by atoms with Crippen LogP contribution in [0.4, 0.5) is 0 Å². The molecule has 0 aromatic rings. The lowest BCUT2D eigenvalue weighted by Crippen LogP contribution is -2.62. The second-order valence-corrected chi connectivity index (χ2v) is 4.33. The van der Waals surface area contributed by atoms with Gasteiger partial charge in [-0.05, 0) is 20.8 Å². The van der Waals surface area contributed by atoms with Crippen LogP contribution in [0.25, 0.3) is 0 Å². The Morgan fingerprint density at radius 2 is 1.47 bits per heavy atom. The Morgan fingerprint density at radius 1 is 1.07 bits per heavy atom. The quantitative estimate of drug-likeness (QED) is 0.309. The summed E-state index contributed by atoms with van der Waals surface area (Å²) in [6.07, 6.45) is -4.70. The lowest BCUT2D eigenvalue weighted by molar-refractivity contribution is -0.219. The summed E-state index contributed by atoms with van der Waals surface area (Å²) in [6.45, 7) is 2.64. The molecule has 0 saturated carbocycles. The fraction of sp³-hybridized carbons (Fsp3) is 1.00. The molecule has 0 aromatic carbocycles. The van der Waals surface area contributed by atoms with E-state index in [0.29, 0.717) is 0 Å². The summed E-state index contributed by atoms with van der Waals surface area (Å²) in [7, 11) is 0. The normalized spacial score (nSPS) is 26.2. The molecule has 0 aliphatic carbocycles. The molecule has 0 rings (SSSR count). The highest BCUT2D eigenvalue weighted by atomic mass is 16.4. The van der Waals surface area contributed by atoms with E-state index in [0.717, 1.165) is 13.8 Å². The van der Waals surface area contributed by atoms with Crippen molar-refractivity contribution in [2.24, 2.45) is 0 Å². The third-order valence-electron chi connectivity index (χ3n) is 2.52. The molecule has 15 heavy (non-hydrogen) atoms. The van der Waals surface area contributed by atoms with Crippen LogP contribution in [-0.4, -0.2) is 66.8 Å². The maximum Gasteiger partial charge on any atom is 0.119 e. The van der Waals surface area contributed by atoms with Gasteiger partial charge >= 0.3 is 0 Å². The first-order chi connectivity index (χ1) is 6.57. The zero-order valence-corrected chi connectivity index (χ0v) is 9.12. The summed E-state index contributed by atoms with van der Waals surface area (Å²) < 4.78 is 0. The van der Waals surface area contributed by atoms with Gasteiger partial charge in [-0.3, -0.25) is 0 Å². The SMILES string of the molecule is CC(O)C(O)C(C)(O)C(O)C(C)(O)CO. The molecule has 6 nitrogen and oxygen atoms in total. The number of aliphatic hydroxyl groups is 6. The molecule has 5 atom stereocenters. The summed E-state index contributed by atoms with van der Waals surface area (Å²) in [5, 5.41) is 56.1. The van der Waals surface area contributed by atoms with Gasteiger partial charge in [0.05, 0.1) is 12.7 Å². The van der Waals surface area contributed by atoms with Gasteiger partial charge in [-0.1, -0.05) is 0 Å². The number of hydrogen-bond acceptors (Lipinski definition) is 6. The fourth-order valence-corrected chi connectivity index (χ4v) is 1.37. The molecule has 92 valence electrons. The van der Waals surface area contributed by atoms with Gasteiger partial charge in [0, 0.05) is 0 Å². The van der Waals surface area contributed by atoms with Gasteiger partial charge in [0.1, 0.15) is 23.4 Å². The van der Waals surface area contributed by atoms with Gasteiger partial charge < -0.3 is 30.6 Å². The van der Waals surface area contributed by atoms with Gasteiger partial charge in [0.15, 0.2) is 0 Å². The number of aliphatic hydroxyl groups excluding tert-OH is 4. The van der Waals surface area contributed by atoms with Crippen LogP contribution in [-0.2, 0) is 0 Å². The van der Waals surface area contributed by atoms with Crippen molar-refractivity contribution >= 4 is 0 Å². The molecule has 0 bridgehead atoms. The third kappa shape index (κ3) is 3.10. The number of rotatable bonds is 5. The largest absolute Gasteiger partial charge is 0.393 e. The van der Waals surface area contributed by atoms with Gasteiger partial charge in [-0.25, -0.2) is 0 Å². The van der Waals surface area contributed by atoms with Crippen LogP contribution in [0, 0.1) is 0 Å². The third-order valence-corrected chi connectivity index (χ3v) is 2.52. The molecule has 0 amide bonds. The van der Waals surface area contributed by atoms with E-state index < -0.39 is 36.1 Å². The van der Waals surface area contributed by atoms with Crippen LogP contribution in [0.5, 0.6) is 0 Å². The molecular formula is C9H20O6. The summed E-state index contributed by atoms with van der Waals surface area (Å²) in [5.74, 6) is 0. The molecule has 0 aliphatic rings. The topological polar surface area (TPSA) is 121 Å². The van der Waals surface area contributed by atoms with Gasteiger partial charge in [0.2, 0.25) is 0 Å². The van der Waals surface area contributed by atoms with Crippen LogP contribution in [0.1, 0.15) is 20.8 Å². The Bertz CT molecular complexity index is 201. The smallest absolute Gasteiger partial charge is 0.119 e. The van der Waals surface area contributed by atoms with E-state index in [1.807, 2.05) is 0 Å². The minimum atomic E-state index is -2.12. The Kier molecular flexibility index (Phi) is 4.66. The lowest BCUT2D eigenvalue weighted by atomic mass is 9.81. The van der Waals surface area contributed by atoms with Gasteiger partial charge in [-0.2, -0.15) is 0 Å². The van der Waals surface area contributed by atoms with E-state index in [2.05, 4.69) is 0 Å². The molecular weight excluding hydrogens is 204 g/mol. The molecule has 0 aromatic heterocycles. The highest BCUT2D eigenvalue weighted by Crippen LogP contribution is 2.25. The minimum Gasteiger partial charge on any atom is -0.393 e. The van der Waals surface area contributed by atoms with Crippen molar-refractivity contribution in [2.75, 3.05) is 6.61 Å². The number of hydrogen-bond donors (Lipinski definition) is 6. The van der Waals surface area contributed by atoms with Crippen LogP contribution in [0.3, 0.4) is 0 Å². The minimum absolute atomic E-state index is 0.781. The van der Waals surface area contributed by atoms with E-state index in [1.54, 1.807) is 0 Å². The van der Waals surface area contributed by atoms with E-state index >= 15 is 0 Å². The summed E-state index contributed by atoms with van der Waals surface area (Å²) in [5.41, 5.74) is -4.08. The van der Waals surface area contributed by atoms with Gasteiger partial charge in [0.25, 0.3) is 0 Å². The maximum atomic E-state index is 9.76. The summed E-state index contributed by atoms with van der Waals surface area (Å²) >= 11 is 0.